The van der Waals surface area contributed by atoms with E-state index in [4.69, 9.17) is 9.47 Å². The van der Waals surface area contributed by atoms with Gasteiger partial charge in [0.25, 0.3) is 0 Å². The summed E-state index contributed by atoms with van der Waals surface area (Å²) in [6, 6.07) is 15.8. The minimum Gasteiger partial charge on any atom is -0.486 e. The van der Waals surface area contributed by atoms with E-state index in [9.17, 15) is 19.6 Å². The first kappa shape index (κ1) is 30.6. The molecule has 6 rings (SSSR count). The number of aliphatic hydroxyl groups is 1. The standard InChI is InChI=1S/C32H37FN8O4/c1-21(17-42)31(43)41-9-8-29(27(33)16-41)45-28-7-2-22(14-23(28)15-34)30-35-20-36-32(38-30)37-24-3-5-25(6-4-24)39-10-12-40(13-11-39)26-18-44-19-26/h2-7,14,20-21,26-27,29,42H,8-13,16-19H2,1H3,(H,35,36,37,38)/t21?,27-,29+/m1/s1. The van der Waals surface area contributed by atoms with E-state index in [2.05, 4.69) is 48.3 Å². The van der Waals surface area contributed by atoms with Crippen molar-refractivity contribution in [3.05, 3.63) is 54.4 Å². The quantitative estimate of drug-likeness (QED) is 0.367. The summed E-state index contributed by atoms with van der Waals surface area (Å²) in [6.07, 6.45) is -0.553. The zero-order valence-electron chi connectivity index (χ0n) is 25.2. The summed E-state index contributed by atoms with van der Waals surface area (Å²) >= 11 is 0. The first-order chi connectivity index (χ1) is 21.9. The van der Waals surface area contributed by atoms with Crippen LogP contribution >= 0.6 is 0 Å². The largest absolute Gasteiger partial charge is 0.486 e. The van der Waals surface area contributed by atoms with Crippen LogP contribution in [0.3, 0.4) is 0 Å². The Bertz CT molecular complexity index is 1520. The number of halogens is 1. The van der Waals surface area contributed by atoms with Gasteiger partial charge in [0.15, 0.2) is 12.0 Å². The molecule has 0 spiro atoms. The third kappa shape index (κ3) is 6.98. The molecule has 3 saturated heterocycles. The van der Waals surface area contributed by atoms with Gasteiger partial charge in [0.1, 0.15) is 24.3 Å². The minimum absolute atomic E-state index is 0.120. The van der Waals surface area contributed by atoms with Gasteiger partial charge in [-0.3, -0.25) is 9.69 Å². The number of hydrogen-bond acceptors (Lipinski definition) is 11. The summed E-state index contributed by atoms with van der Waals surface area (Å²) in [7, 11) is 0. The zero-order chi connectivity index (χ0) is 31.3. The third-order valence-electron chi connectivity index (χ3n) is 8.64. The maximum Gasteiger partial charge on any atom is 0.230 e. The number of anilines is 3. The lowest BCUT2D eigenvalue weighted by Gasteiger charge is -2.43. The van der Waals surface area contributed by atoms with E-state index in [1.165, 1.54) is 16.9 Å². The number of nitriles is 1. The van der Waals surface area contributed by atoms with E-state index >= 15 is 0 Å². The number of rotatable bonds is 9. The molecule has 2 N–H and O–H groups in total. The van der Waals surface area contributed by atoms with Crippen molar-refractivity contribution < 1.29 is 23.8 Å². The normalized spacial score (nSPS) is 21.5. The molecule has 12 nitrogen and oxygen atoms in total. The Labute approximate surface area is 261 Å². The predicted molar refractivity (Wildman–Crippen MR) is 165 cm³/mol. The Morgan fingerprint density at radius 2 is 1.93 bits per heavy atom. The van der Waals surface area contributed by atoms with Crippen LogP contribution in [0.15, 0.2) is 48.8 Å². The molecule has 0 saturated carbocycles. The second-order valence-electron chi connectivity index (χ2n) is 11.7. The molecular formula is C32H37FN8O4. The molecule has 1 unspecified atom stereocenters. The van der Waals surface area contributed by atoms with Crippen molar-refractivity contribution in [1.82, 2.24) is 24.8 Å². The van der Waals surface area contributed by atoms with Crippen molar-refractivity contribution in [2.75, 3.05) is 69.3 Å². The van der Waals surface area contributed by atoms with Crippen LogP contribution in [0.5, 0.6) is 5.75 Å². The molecule has 3 aliphatic heterocycles. The number of aromatic nitrogens is 3. The number of piperazine rings is 1. The van der Waals surface area contributed by atoms with Crippen LogP contribution in [-0.2, 0) is 9.53 Å². The molecule has 4 heterocycles. The molecule has 1 aromatic heterocycles. The number of carbonyl (C=O) groups excluding carboxylic acids is 1. The Morgan fingerprint density at radius 3 is 2.60 bits per heavy atom. The lowest BCUT2D eigenvalue weighted by molar-refractivity contribution is -0.140. The monoisotopic (exact) mass is 616 g/mol. The van der Waals surface area contributed by atoms with Gasteiger partial charge >= 0.3 is 0 Å². The van der Waals surface area contributed by atoms with Gasteiger partial charge in [-0.05, 0) is 42.5 Å². The number of amides is 1. The van der Waals surface area contributed by atoms with Crippen LogP contribution in [-0.4, -0.2) is 113 Å². The highest BCUT2D eigenvalue weighted by Gasteiger charge is 2.35. The maximum atomic E-state index is 15.0. The van der Waals surface area contributed by atoms with E-state index in [1.807, 2.05) is 12.1 Å². The molecule has 3 atom stereocenters. The van der Waals surface area contributed by atoms with Crippen LogP contribution in [0.2, 0.25) is 0 Å². The number of benzene rings is 2. The maximum absolute atomic E-state index is 15.0. The highest BCUT2D eigenvalue weighted by atomic mass is 19.1. The van der Waals surface area contributed by atoms with Crippen molar-refractivity contribution in [2.45, 2.75) is 31.7 Å². The topological polar surface area (TPSA) is 140 Å². The second kappa shape index (κ2) is 13.7. The molecule has 3 aromatic rings. The Morgan fingerprint density at radius 1 is 1.16 bits per heavy atom. The van der Waals surface area contributed by atoms with E-state index < -0.39 is 18.2 Å². The number of alkyl halides is 1. The third-order valence-corrected chi connectivity index (χ3v) is 8.64. The number of hydrogen-bond donors (Lipinski definition) is 2. The molecule has 2 aromatic carbocycles. The van der Waals surface area contributed by atoms with Crippen LogP contribution in [0, 0.1) is 17.2 Å². The van der Waals surface area contributed by atoms with Gasteiger partial charge in [0.05, 0.1) is 43.9 Å². The van der Waals surface area contributed by atoms with Crippen LogP contribution in [0.4, 0.5) is 21.7 Å². The van der Waals surface area contributed by atoms with E-state index in [0.29, 0.717) is 29.9 Å². The van der Waals surface area contributed by atoms with Crippen molar-refractivity contribution >= 4 is 23.2 Å². The number of carbonyl (C=O) groups is 1. The first-order valence-corrected chi connectivity index (χ1v) is 15.3. The number of piperidine rings is 1. The summed E-state index contributed by atoms with van der Waals surface area (Å²) in [5.74, 6) is 0.121. The first-order valence-electron chi connectivity index (χ1n) is 15.3. The van der Waals surface area contributed by atoms with Crippen LogP contribution in [0.25, 0.3) is 11.4 Å². The molecule has 45 heavy (non-hydrogen) atoms. The van der Waals surface area contributed by atoms with Gasteiger partial charge in [-0.15, -0.1) is 0 Å². The van der Waals surface area contributed by atoms with Gasteiger partial charge in [-0.25, -0.2) is 14.4 Å². The Balaban J connectivity index is 1.07. The highest BCUT2D eigenvalue weighted by molar-refractivity contribution is 5.78. The summed E-state index contributed by atoms with van der Waals surface area (Å²) in [5.41, 5.74) is 2.81. The highest BCUT2D eigenvalue weighted by Crippen LogP contribution is 2.29. The van der Waals surface area contributed by atoms with E-state index in [-0.39, 0.29) is 36.8 Å². The van der Waals surface area contributed by atoms with Gasteiger partial charge in [-0.1, -0.05) is 6.92 Å². The van der Waals surface area contributed by atoms with Crippen molar-refractivity contribution in [1.29, 1.82) is 5.26 Å². The van der Waals surface area contributed by atoms with Gasteiger partial charge < -0.3 is 29.7 Å². The smallest absolute Gasteiger partial charge is 0.230 e. The van der Waals surface area contributed by atoms with Crippen molar-refractivity contribution in [3.8, 4) is 23.2 Å². The summed E-state index contributed by atoms with van der Waals surface area (Å²) in [5, 5.41) is 22.3. The fraction of sp³-hybridized carbons (Fsp3) is 0.469. The fourth-order valence-corrected chi connectivity index (χ4v) is 5.79. The lowest BCUT2D eigenvalue weighted by atomic mass is 10.0. The average molecular weight is 617 g/mol. The van der Waals surface area contributed by atoms with Gasteiger partial charge in [-0.2, -0.15) is 10.2 Å². The summed E-state index contributed by atoms with van der Waals surface area (Å²) < 4.78 is 26.2. The number of nitrogens with zero attached hydrogens (tertiary/aromatic N) is 7. The minimum atomic E-state index is -1.43. The number of nitrogens with one attached hydrogen (secondary N) is 1. The lowest BCUT2D eigenvalue weighted by Crippen LogP contribution is -2.56. The SMILES string of the molecule is CC(CO)C(=O)N1CC[C@H](Oc2ccc(-c3ncnc(Nc4ccc(N5CCN(C6COC6)CC5)cc4)n3)cc2C#N)[C@H](F)C1. The average Bonchev–Trinajstić information content (AvgIpc) is 3.05. The zero-order valence-corrected chi connectivity index (χ0v) is 25.2. The molecule has 0 bridgehead atoms. The molecule has 1 amide bonds. The predicted octanol–water partition coefficient (Wildman–Crippen LogP) is 2.62. The fourth-order valence-electron chi connectivity index (χ4n) is 5.79. The second-order valence-corrected chi connectivity index (χ2v) is 11.7. The van der Waals surface area contributed by atoms with Gasteiger partial charge in [0, 0.05) is 56.1 Å². The van der Waals surface area contributed by atoms with Crippen LogP contribution < -0.4 is 15.0 Å². The number of ether oxygens (including phenoxy) is 2. The van der Waals surface area contributed by atoms with Gasteiger partial charge in [0.2, 0.25) is 11.9 Å². The molecule has 13 heteroatoms. The molecule has 236 valence electrons. The number of aliphatic hydroxyl groups excluding tert-OH is 1. The van der Waals surface area contributed by atoms with Crippen LogP contribution in [0.1, 0.15) is 18.9 Å². The molecule has 3 fully saturated rings. The Kier molecular flexibility index (Phi) is 9.34. The molecule has 0 aliphatic carbocycles. The molecule has 0 radical (unpaired) electrons. The Hall–Kier alpha value is -4.38. The molecule has 3 aliphatic rings. The number of likely N-dealkylation sites (tertiary alicyclic amines) is 1. The summed E-state index contributed by atoms with van der Waals surface area (Å²) in [4.78, 5) is 31.7. The molecular weight excluding hydrogens is 579 g/mol. The summed E-state index contributed by atoms with van der Waals surface area (Å²) in [6.45, 7) is 7.23. The van der Waals surface area contributed by atoms with E-state index in [0.717, 1.165) is 45.1 Å². The van der Waals surface area contributed by atoms with Crippen molar-refractivity contribution in [2.24, 2.45) is 5.92 Å². The van der Waals surface area contributed by atoms with Crippen molar-refractivity contribution in [3.63, 3.8) is 0 Å². The van der Waals surface area contributed by atoms with E-state index in [1.54, 1.807) is 25.1 Å².